The number of hydrogen-bond donors (Lipinski definition) is 2. The van der Waals surface area contributed by atoms with E-state index in [4.69, 9.17) is 20.3 Å². The van der Waals surface area contributed by atoms with E-state index in [9.17, 15) is 0 Å². The summed E-state index contributed by atoms with van der Waals surface area (Å²) in [5, 5.41) is 8.87. The zero-order valence-corrected chi connectivity index (χ0v) is 9.67. The lowest BCUT2D eigenvalue weighted by Gasteiger charge is -2.25. The Hall–Kier alpha value is -0.160. The Morgan fingerprint density at radius 1 is 1.29 bits per heavy atom. The molecule has 3 N–H and O–H groups in total. The zero-order valence-electron chi connectivity index (χ0n) is 9.67. The maximum Gasteiger partial charge on any atom is 0.0666 e. The van der Waals surface area contributed by atoms with Crippen molar-refractivity contribution in [3.8, 4) is 0 Å². The third-order valence-corrected chi connectivity index (χ3v) is 2.19. The van der Waals surface area contributed by atoms with Gasteiger partial charge in [-0.25, -0.2) is 0 Å². The minimum Gasteiger partial charge on any atom is -0.394 e. The quantitative estimate of drug-likeness (QED) is 0.595. The molecule has 0 heterocycles. The van der Waals surface area contributed by atoms with Gasteiger partial charge in [0.2, 0.25) is 0 Å². The van der Waals surface area contributed by atoms with Crippen LogP contribution in [0.4, 0.5) is 0 Å². The second-order valence-electron chi connectivity index (χ2n) is 4.58. The van der Waals surface area contributed by atoms with Crippen LogP contribution in [0.3, 0.4) is 0 Å². The average Bonchev–Trinajstić information content (AvgIpc) is 2.13. The fourth-order valence-corrected chi connectivity index (χ4v) is 0.771. The number of aliphatic hydroxyl groups excluding tert-OH is 1. The monoisotopic (exact) mass is 205 g/mol. The molecule has 0 amide bonds. The minimum absolute atomic E-state index is 0.0688. The number of rotatable bonds is 7. The van der Waals surface area contributed by atoms with Crippen molar-refractivity contribution in [1.82, 2.24) is 0 Å². The van der Waals surface area contributed by atoms with Crippen LogP contribution in [0.2, 0.25) is 0 Å². The number of hydrogen-bond acceptors (Lipinski definition) is 4. The fraction of sp³-hybridized carbons (Fsp3) is 1.00. The minimum atomic E-state index is -0.642. The third-order valence-electron chi connectivity index (χ3n) is 2.19. The number of methoxy groups -OCH3 is 1. The molecule has 4 heteroatoms. The highest BCUT2D eigenvalue weighted by molar-refractivity contribution is 4.76. The summed E-state index contributed by atoms with van der Waals surface area (Å²) in [6.45, 7) is 6.65. The lowest BCUT2D eigenvalue weighted by atomic mass is 10.1. The summed E-state index contributed by atoms with van der Waals surface area (Å²) in [6, 6.07) is 0. The molecule has 0 spiro atoms. The molecule has 0 aromatic carbocycles. The van der Waals surface area contributed by atoms with Gasteiger partial charge in [-0.1, -0.05) is 0 Å². The number of aliphatic hydroxyl groups is 1. The van der Waals surface area contributed by atoms with E-state index in [2.05, 4.69) is 0 Å². The molecule has 0 bridgehead atoms. The van der Waals surface area contributed by atoms with Gasteiger partial charge in [0, 0.05) is 13.7 Å². The fourth-order valence-electron chi connectivity index (χ4n) is 0.771. The van der Waals surface area contributed by atoms with Gasteiger partial charge in [0.25, 0.3) is 0 Å². The van der Waals surface area contributed by atoms with Gasteiger partial charge in [-0.3, -0.25) is 0 Å². The number of ether oxygens (including phenoxy) is 2. The van der Waals surface area contributed by atoms with Gasteiger partial charge in [0.1, 0.15) is 0 Å². The van der Waals surface area contributed by atoms with Gasteiger partial charge in [0.15, 0.2) is 0 Å². The molecule has 0 aliphatic carbocycles. The van der Waals surface area contributed by atoms with Crippen LogP contribution in [0.25, 0.3) is 0 Å². The standard InChI is InChI=1S/C10H23NO3/c1-9(2,13-4)5-6-14-8-10(3,11)7-12/h12H,5-8,11H2,1-4H3. The second kappa shape index (κ2) is 5.66. The first-order valence-corrected chi connectivity index (χ1v) is 4.86. The first-order chi connectivity index (χ1) is 6.33. The molecule has 0 saturated heterocycles. The molecule has 4 nitrogen and oxygen atoms in total. The summed E-state index contributed by atoms with van der Waals surface area (Å²) >= 11 is 0. The van der Waals surface area contributed by atoms with E-state index in [1.54, 1.807) is 14.0 Å². The average molecular weight is 205 g/mol. The van der Waals surface area contributed by atoms with E-state index in [1.165, 1.54) is 0 Å². The van der Waals surface area contributed by atoms with Crippen LogP contribution in [-0.2, 0) is 9.47 Å². The lowest BCUT2D eigenvalue weighted by molar-refractivity contribution is -0.0187. The van der Waals surface area contributed by atoms with Crippen molar-refractivity contribution in [3.63, 3.8) is 0 Å². The van der Waals surface area contributed by atoms with Gasteiger partial charge in [-0.05, 0) is 27.2 Å². The highest BCUT2D eigenvalue weighted by Gasteiger charge is 2.19. The third kappa shape index (κ3) is 6.32. The number of nitrogens with two attached hydrogens (primary N) is 1. The molecule has 0 fully saturated rings. The van der Waals surface area contributed by atoms with Crippen LogP contribution in [0, 0.1) is 0 Å². The summed E-state index contributed by atoms with van der Waals surface area (Å²) in [5.41, 5.74) is 4.89. The van der Waals surface area contributed by atoms with Crippen molar-refractivity contribution in [3.05, 3.63) is 0 Å². The Morgan fingerprint density at radius 2 is 1.86 bits per heavy atom. The summed E-state index contributed by atoms with van der Waals surface area (Å²) in [6.07, 6.45) is 0.811. The first-order valence-electron chi connectivity index (χ1n) is 4.86. The van der Waals surface area contributed by atoms with E-state index >= 15 is 0 Å². The van der Waals surface area contributed by atoms with Crippen LogP contribution in [-0.4, -0.2) is 43.2 Å². The maximum absolute atomic E-state index is 8.87. The predicted octanol–water partition coefficient (Wildman–Crippen LogP) is 0.528. The molecule has 0 rings (SSSR count). The van der Waals surface area contributed by atoms with Gasteiger partial charge >= 0.3 is 0 Å². The smallest absolute Gasteiger partial charge is 0.0666 e. The summed E-state index contributed by atoms with van der Waals surface area (Å²) in [5.74, 6) is 0. The van der Waals surface area contributed by atoms with Crippen molar-refractivity contribution in [1.29, 1.82) is 0 Å². The summed E-state index contributed by atoms with van der Waals surface area (Å²) in [7, 11) is 1.68. The van der Waals surface area contributed by atoms with Crippen LogP contribution in [0.15, 0.2) is 0 Å². The Labute approximate surface area is 86.4 Å². The van der Waals surface area contributed by atoms with Crippen LogP contribution < -0.4 is 5.73 Å². The molecule has 0 aliphatic heterocycles. The Balaban J connectivity index is 3.57. The molecule has 86 valence electrons. The van der Waals surface area contributed by atoms with Crippen molar-refractivity contribution in [2.45, 2.75) is 38.3 Å². The Bertz CT molecular complexity index is 139. The SMILES string of the molecule is COC(C)(C)CCOCC(C)(N)CO. The van der Waals surface area contributed by atoms with Crippen molar-refractivity contribution >= 4 is 0 Å². The van der Waals surface area contributed by atoms with Crippen molar-refractivity contribution in [2.75, 3.05) is 26.9 Å². The van der Waals surface area contributed by atoms with Crippen molar-refractivity contribution in [2.24, 2.45) is 5.73 Å². The highest BCUT2D eigenvalue weighted by Crippen LogP contribution is 2.12. The normalized spacial score (nSPS) is 16.7. The van der Waals surface area contributed by atoms with E-state index in [-0.39, 0.29) is 12.2 Å². The van der Waals surface area contributed by atoms with Crippen molar-refractivity contribution < 1.29 is 14.6 Å². The Kier molecular flexibility index (Phi) is 5.59. The summed E-state index contributed by atoms with van der Waals surface area (Å²) < 4.78 is 10.6. The topological polar surface area (TPSA) is 64.7 Å². The van der Waals surface area contributed by atoms with E-state index < -0.39 is 5.54 Å². The largest absolute Gasteiger partial charge is 0.394 e. The Morgan fingerprint density at radius 3 is 2.29 bits per heavy atom. The summed E-state index contributed by atoms with van der Waals surface area (Å²) in [4.78, 5) is 0. The molecule has 0 radical (unpaired) electrons. The van der Waals surface area contributed by atoms with Gasteiger partial charge in [-0.2, -0.15) is 0 Å². The molecule has 1 atom stereocenters. The van der Waals surface area contributed by atoms with Crippen LogP contribution in [0.5, 0.6) is 0 Å². The van der Waals surface area contributed by atoms with Gasteiger partial charge in [-0.15, -0.1) is 0 Å². The van der Waals surface area contributed by atoms with E-state index in [0.29, 0.717) is 13.2 Å². The molecule has 0 aliphatic rings. The van der Waals surface area contributed by atoms with E-state index in [1.807, 2.05) is 13.8 Å². The second-order valence-corrected chi connectivity index (χ2v) is 4.58. The maximum atomic E-state index is 8.87. The molecule has 0 aromatic heterocycles. The van der Waals surface area contributed by atoms with Crippen LogP contribution in [0.1, 0.15) is 27.2 Å². The van der Waals surface area contributed by atoms with Gasteiger partial charge in [0.05, 0.1) is 24.4 Å². The molecule has 0 aromatic rings. The predicted molar refractivity (Wildman–Crippen MR) is 56.2 cm³/mol. The molecular formula is C10H23NO3. The molecule has 0 saturated carbocycles. The van der Waals surface area contributed by atoms with Crippen LogP contribution >= 0.6 is 0 Å². The highest BCUT2D eigenvalue weighted by atomic mass is 16.5. The molecule has 14 heavy (non-hydrogen) atoms. The lowest BCUT2D eigenvalue weighted by Crippen LogP contribution is -2.45. The zero-order chi connectivity index (χ0) is 11.2. The van der Waals surface area contributed by atoms with E-state index in [0.717, 1.165) is 6.42 Å². The van der Waals surface area contributed by atoms with Gasteiger partial charge < -0.3 is 20.3 Å². The molecular weight excluding hydrogens is 182 g/mol. The molecule has 1 unspecified atom stereocenters. The first kappa shape index (κ1) is 13.8.